The summed E-state index contributed by atoms with van der Waals surface area (Å²) in [6.45, 7) is 7.32. The summed E-state index contributed by atoms with van der Waals surface area (Å²) >= 11 is 0. The van der Waals surface area contributed by atoms with Gasteiger partial charge in [-0.15, -0.1) is 0 Å². The Balaban J connectivity index is 2.03. The summed E-state index contributed by atoms with van der Waals surface area (Å²) in [6.07, 6.45) is 2.50. The summed E-state index contributed by atoms with van der Waals surface area (Å²) < 4.78 is 0. The molecule has 0 aromatic rings. The van der Waals surface area contributed by atoms with Crippen molar-refractivity contribution in [2.24, 2.45) is 0 Å². The average Bonchev–Trinajstić information content (AvgIpc) is 2.96. The van der Waals surface area contributed by atoms with Crippen molar-refractivity contribution in [3.8, 4) is 0 Å². The molecule has 16 heavy (non-hydrogen) atoms. The van der Waals surface area contributed by atoms with E-state index in [-0.39, 0.29) is 6.03 Å². The number of carbonyl (C=O) groups excluding carboxylic acids is 1. The molecule has 1 spiro atoms. The van der Waals surface area contributed by atoms with Crippen LogP contribution in [0.4, 0.5) is 4.79 Å². The highest BCUT2D eigenvalue weighted by Gasteiger charge is 2.52. The zero-order valence-electron chi connectivity index (χ0n) is 10.9. The predicted octanol–water partition coefficient (Wildman–Crippen LogP) is 1.23. The summed E-state index contributed by atoms with van der Waals surface area (Å²) in [5.74, 6) is 0. The molecular weight excluding hydrogens is 202 g/mol. The molecule has 4 nitrogen and oxygen atoms in total. The minimum absolute atomic E-state index is 0.162. The van der Waals surface area contributed by atoms with Gasteiger partial charge in [-0.05, 0) is 26.7 Å². The fraction of sp³-hybridized carbons (Fsp3) is 0.917. The molecule has 2 fully saturated rings. The summed E-state index contributed by atoms with van der Waals surface area (Å²) in [5, 5.41) is 0. The highest BCUT2D eigenvalue weighted by atomic mass is 16.2. The van der Waals surface area contributed by atoms with Gasteiger partial charge in [-0.25, -0.2) is 4.79 Å². The molecule has 1 aliphatic carbocycles. The Kier molecular flexibility index (Phi) is 2.86. The van der Waals surface area contributed by atoms with E-state index < -0.39 is 0 Å². The van der Waals surface area contributed by atoms with Gasteiger partial charge in [0.2, 0.25) is 0 Å². The third kappa shape index (κ3) is 1.90. The summed E-state index contributed by atoms with van der Waals surface area (Å²) in [4.78, 5) is 18.2. The molecule has 0 unspecified atom stereocenters. The third-order valence-electron chi connectivity index (χ3n) is 3.81. The van der Waals surface area contributed by atoms with E-state index in [4.69, 9.17) is 0 Å². The molecule has 0 atom stereocenters. The molecule has 0 bridgehead atoms. The van der Waals surface area contributed by atoms with Crippen LogP contribution < -0.4 is 0 Å². The number of urea groups is 1. The molecule has 0 aromatic heterocycles. The second-order valence-electron chi connectivity index (χ2n) is 5.61. The number of nitrogens with zero attached hydrogens (tertiary/aromatic N) is 3. The minimum Gasteiger partial charge on any atom is -0.331 e. The van der Waals surface area contributed by atoms with Gasteiger partial charge in [0, 0.05) is 45.3 Å². The number of amides is 2. The van der Waals surface area contributed by atoms with Crippen molar-refractivity contribution in [1.82, 2.24) is 14.7 Å². The van der Waals surface area contributed by atoms with E-state index in [1.54, 1.807) is 4.90 Å². The molecule has 2 rings (SSSR count). The summed E-state index contributed by atoms with van der Waals surface area (Å²) in [7, 11) is 3.66. The first-order valence-corrected chi connectivity index (χ1v) is 6.19. The molecule has 1 heterocycles. The lowest BCUT2D eigenvalue weighted by Gasteiger charge is -2.44. The number of rotatable bonds is 1. The molecule has 0 radical (unpaired) electrons. The first-order valence-electron chi connectivity index (χ1n) is 6.19. The van der Waals surface area contributed by atoms with E-state index in [0.717, 1.165) is 19.6 Å². The first kappa shape index (κ1) is 11.7. The first-order chi connectivity index (χ1) is 7.46. The van der Waals surface area contributed by atoms with Crippen molar-refractivity contribution in [2.75, 3.05) is 33.7 Å². The standard InChI is InChI=1S/C12H23N3O/c1-10(2)15-8-7-14(11(16)13(3)4)9-12(15)5-6-12/h10H,5-9H2,1-4H3. The lowest BCUT2D eigenvalue weighted by Crippen LogP contribution is -2.59. The van der Waals surface area contributed by atoms with Gasteiger partial charge >= 0.3 is 6.03 Å². The van der Waals surface area contributed by atoms with Gasteiger partial charge in [0.1, 0.15) is 0 Å². The maximum Gasteiger partial charge on any atom is 0.319 e. The largest absolute Gasteiger partial charge is 0.331 e. The van der Waals surface area contributed by atoms with Crippen LogP contribution in [0, 0.1) is 0 Å². The molecule has 2 aliphatic rings. The normalized spacial score (nSPS) is 23.9. The Morgan fingerprint density at radius 3 is 2.31 bits per heavy atom. The molecule has 92 valence electrons. The van der Waals surface area contributed by atoms with E-state index in [0.29, 0.717) is 11.6 Å². The Bertz CT molecular complexity index is 284. The van der Waals surface area contributed by atoms with E-state index >= 15 is 0 Å². The van der Waals surface area contributed by atoms with Gasteiger partial charge in [0.05, 0.1) is 0 Å². The van der Waals surface area contributed by atoms with Crippen molar-refractivity contribution in [1.29, 1.82) is 0 Å². The van der Waals surface area contributed by atoms with Crippen molar-refractivity contribution in [3.05, 3.63) is 0 Å². The van der Waals surface area contributed by atoms with Gasteiger partial charge in [0.25, 0.3) is 0 Å². The Morgan fingerprint density at radius 1 is 1.25 bits per heavy atom. The Labute approximate surface area is 98.2 Å². The van der Waals surface area contributed by atoms with Crippen LogP contribution in [0.25, 0.3) is 0 Å². The van der Waals surface area contributed by atoms with E-state index in [1.807, 2.05) is 19.0 Å². The zero-order valence-corrected chi connectivity index (χ0v) is 10.9. The van der Waals surface area contributed by atoms with Crippen molar-refractivity contribution in [2.45, 2.75) is 38.3 Å². The Hall–Kier alpha value is -0.770. The Morgan fingerprint density at radius 2 is 1.88 bits per heavy atom. The molecule has 4 heteroatoms. The van der Waals surface area contributed by atoms with Crippen LogP contribution in [0.15, 0.2) is 0 Å². The summed E-state index contributed by atoms with van der Waals surface area (Å²) in [6, 6.07) is 0.758. The molecular formula is C12H23N3O. The van der Waals surface area contributed by atoms with Crippen molar-refractivity contribution >= 4 is 6.03 Å². The molecule has 1 saturated heterocycles. The highest BCUT2D eigenvalue weighted by Crippen LogP contribution is 2.45. The monoisotopic (exact) mass is 225 g/mol. The average molecular weight is 225 g/mol. The molecule has 1 aliphatic heterocycles. The van der Waals surface area contributed by atoms with Gasteiger partial charge in [-0.2, -0.15) is 0 Å². The number of hydrogen-bond acceptors (Lipinski definition) is 2. The maximum absolute atomic E-state index is 11.9. The molecule has 0 aromatic carbocycles. The van der Waals surface area contributed by atoms with Crippen molar-refractivity contribution < 1.29 is 4.79 Å². The third-order valence-corrected chi connectivity index (χ3v) is 3.81. The van der Waals surface area contributed by atoms with E-state index in [1.165, 1.54) is 12.8 Å². The lowest BCUT2D eigenvalue weighted by molar-refractivity contribution is 0.0455. The lowest BCUT2D eigenvalue weighted by atomic mass is 10.1. The zero-order chi connectivity index (χ0) is 11.9. The van der Waals surface area contributed by atoms with Crippen LogP contribution in [-0.2, 0) is 0 Å². The fourth-order valence-electron chi connectivity index (χ4n) is 2.83. The van der Waals surface area contributed by atoms with Crippen LogP contribution >= 0.6 is 0 Å². The second-order valence-corrected chi connectivity index (χ2v) is 5.61. The molecule has 0 N–H and O–H groups in total. The predicted molar refractivity (Wildman–Crippen MR) is 64.5 cm³/mol. The van der Waals surface area contributed by atoms with Gasteiger partial charge in [-0.3, -0.25) is 4.90 Å². The van der Waals surface area contributed by atoms with Gasteiger partial charge < -0.3 is 9.80 Å². The fourth-order valence-corrected chi connectivity index (χ4v) is 2.83. The molecule has 1 saturated carbocycles. The number of piperazine rings is 1. The highest BCUT2D eigenvalue weighted by molar-refractivity contribution is 5.74. The van der Waals surface area contributed by atoms with Gasteiger partial charge in [-0.1, -0.05) is 0 Å². The van der Waals surface area contributed by atoms with Crippen LogP contribution in [0.3, 0.4) is 0 Å². The topological polar surface area (TPSA) is 26.8 Å². The summed E-state index contributed by atoms with van der Waals surface area (Å²) in [5.41, 5.74) is 0.318. The van der Waals surface area contributed by atoms with Crippen LogP contribution in [0.5, 0.6) is 0 Å². The number of carbonyl (C=O) groups is 1. The van der Waals surface area contributed by atoms with Crippen LogP contribution in [0.2, 0.25) is 0 Å². The minimum atomic E-state index is 0.162. The quantitative estimate of drug-likeness (QED) is 0.671. The van der Waals surface area contributed by atoms with E-state index in [9.17, 15) is 4.79 Å². The van der Waals surface area contributed by atoms with Crippen LogP contribution in [0.1, 0.15) is 26.7 Å². The second kappa shape index (κ2) is 3.91. The SMILES string of the molecule is CC(C)N1CCN(C(=O)N(C)C)CC12CC2. The molecule has 2 amide bonds. The van der Waals surface area contributed by atoms with Crippen molar-refractivity contribution in [3.63, 3.8) is 0 Å². The van der Waals surface area contributed by atoms with Gasteiger partial charge in [0.15, 0.2) is 0 Å². The number of hydrogen-bond donors (Lipinski definition) is 0. The van der Waals surface area contributed by atoms with E-state index in [2.05, 4.69) is 18.7 Å². The maximum atomic E-state index is 11.9. The van der Waals surface area contributed by atoms with Crippen LogP contribution in [-0.4, -0.2) is 66.0 Å². The smallest absolute Gasteiger partial charge is 0.319 e.